The van der Waals surface area contributed by atoms with Crippen LogP contribution in [0.2, 0.25) is 0 Å². The lowest BCUT2D eigenvalue weighted by molar-refractivity contribution is -0.133. The SMILES string of the molecule is CCc1ccc([C@@H]2CC=C(C(=O)O)[C@H](c3ccc(C)cc3)N2S(=O)(=O)c2ccc(C)cc2)cc1. The van der Waals surface area contributed by atoms with E-state index in [1.807, 2.05) is 62.4 Å². The molecule has 34 heavy (non-hydrogen) atoms. The summed E-state index contributed by atoms with van der Waals surface area (Å²) in [5.74, 6) is -1.12. The molecule has 1 N–H and O–H groups in total. The number of nitrogens with zero attached hydrogens (tertiary/aromatic N) is 1. The van der Waals surface area contributed by atoms with Crippen LogP contribution in [0.1, 0.15) is 53.2 Å². The molecule has 0 aliphatic carbocycles. The maximum atomic E-state index is 14.1. The van der Waals surface area contributed by atoms with E-state index in [9.17, 15) is 18.3 Å². The molecular formula is C28H29NO4S. The predicted octanol–water partition coefficient (Wildman–Crippen LogP) is 5.75. The highest BCUT2D eigenvalue weighted by Gasteiger charge is 2.44. The van der Waals surface area contributed by atoms with E-state index in [0.717, 1.165) is 28.7 Å². The standard InChI is InChI=1S/C28H29NO4S/c1-4-21-9-13-22(14-10-21)26-18-17-25(28(30)31)27(23-11-5-19(2)6-12-23)29(26)34(32,33)24-15-7-20(3)8-16-24/h5-17,26-27H,4,18H2,1-3H3,(H,30,31)/t26-,27-/m0/s1. The van der Waals surface area contributed by atoms with Gasteiger partial charge in [-0.3, -0.25) is 0 Å². The van der Waals surface area contributed by atoms with Crippen molar-refractivity contribution in [3.63, 3.8) is 0 Å². The zero-order chi connectivity index (χ0) is 24.5. The Hall–Kier alpha value is -3.22. The van der Waals surface area contributed by atoms with E-state index in [-0.39, 0.29) is 16.9 Å². The molecule has 1 aliphatic rings. The first kappa shape index (κ1) is 23.9. The number of hydrogen-bond donors (Lipinski definition) is 1. The maximum absolute atomic E-state index is 14.1. The van der Waals surface area contributed by atoms with Crippen LogP contribution in [-0.4, -0.2) is 23.8 Å². The molecule has 0 bridgehead atoms. The van der Waals surface area contributed by atoms with E-state index in [2.05, 4.69) is 6.92 Å². The molecule has 0 saturated heterocycles. The van der Waals surface area contributed by atoms with Crippen LogP contribution in [0.4, 0.5) is 0 Å². The van der Waals surface area contributed by atoms with Crippen LogP contribution in [0.25, 0.3) is 0 Å². The zero-order valence-corrected chi connectivity index (χ0v) is 20.4. The topological polar surface area (TPSA) is 74.7 Å². The highest BCUT2D eigenvalue weighted by atomic mass is 32.2. The van der Waals surface area contributed by atoms with Crippen molar-refractivity contribution in [3.8, 4) is 0 Å². The number of benzene rings is 3. The first-order valence-corrected chi connectivity index (χ1v) is 12.9. The minimum atomic E-state index is -4.04. The normalized spacial score (nSPS) is 19.0. The van der Waals surface area contributed by atoms with Crippen molar-refractivity contribution in [3.05, 3.63) is 112 Å². The number of sulfonamides is 1. The van der Waals surface area contributed by atoms with Crippen LogP contribution in [0, 0.1) is 13.8 Å². The number of hydrogen-bond acceptors (Lipinski definition) is 3. The second kappa shape index (κ2) is 9.57. The van der Waals surface area contributed by atoms with E-state index in [4.69, 9.17) is 0 Å². The zero-order valence-electron chi connectivity index (χ0n) is 19.6. The van der Waals surface area contributed by atoms with E-state index in [0.29, 0.717) is 5.56 Å². The van der Waals surface area contributed by atoms with Gasteiger partial charge in [0.15, 0.2) is 0 Å². The second-order valence-corrected chi connectivity index (χ2v) is 10.6. The summed E-state index contributed by atoms with van der Waals surface area (Å²) < 4.78 is 29.7. The van der Waals surface area contributed by atoms with E-state index < -0.39 is 28.1 Å². The summed E-state index contributed by atoms with van der Waals surface area (Å²) in [5.41, 5.74) is 4.66. The molecule has 0 amide bonds. The summed E-state index contributed by atoms with van der Waals surface area (Å²) in [6.45, 7) is 5.91. The van der Waals surface area contributed by atoms with E-state index in [1.165, 1.54) is 4.31 Å². The third kappa shape index (κ3) is 4.56. The molecular weight excluding hydrogens is 446 g/mol. The highest BCUT2D eigenvalue weighted by molar-refractivity contribution is 7.89. The number of carboxylic acids is 1. The number of carbonyl (C=O) groups is 1. The van der Waals surface area contributed by atoms with Gasteiger partial charge in [0, 0.05) is 0 Å². The van der Waals surface area contributed by atoms with Crippen LogP contribution in [0.3, 0.4) is 0 Å². The smallest absolute Gasteiger partial charge is 0.333 e. The Balaban J connectivity index is 1.94. The Bertz CT molecular complexity index is 1310. The molecule has 1 aliphatic heterocycles. The Morgan fingerprint density at radius 2 is 1.41 bits per heavy atom. The molecule has 0 saturated carbocycles. The Labute approximate surface area is 201 Å². The Morgan fingerprint density at radius 3 is 1.94 bits per heavy atom. The largest absolute Gasteiger partial charge is 0.478 e. The third-order valence-electron chi connectivity index (χ3n) is 6.43. The van der Waals surface area contributed by atoms with Crippen LogP contribution in [0.5, 0.6) is 0 Å². The van der Waals surface area contributed by atoms with Crippen molar-refractivity contribution in [2.75, 3.05) is 0 Å². The highest BCUT2D eigenvalue weighted by Crippen LogP contribution is 2.45. The molecule has 2 atom stereocenters. The van der Waals surface area contributed by atoms with Gasteiger partial charge < -0.3 is 5.11 Å². The molecule has 0 fully saturated rings. The van der Waals surface area contributed by atoms with Gasteiger partial charge in [-0.05, 0) is 55.5 Å². The summed E-state index contributed by atoms with van der Waals surface area (Å²) in [5, 5.41) is 10.1. The van der Waals surface area contributed by atoms with Crippen molar-refractivity contribution in [2.24, 2.45) is 0 Å². The van der Waals surface area contributed by atoms with Gasteiger partial charge in [-0.15, -0.1) is 0 Å². The fourth-order valence-electron chi connectivity index (χ4n) is 4.45. The number of aliphatic carboxylic acids is 1. The van der Waals surface area contributed by atoms with Crippen molar-refractivity contribution >= 4 is 16.0 Å². The van der Waals surface area contributed by atoms with Gasteiger partial charge in [0.1, 0.15) is 0 Å². The lowest BCUT2D eigenvalue weighted by atomic mass is 9.89. The van der Waals surface area contributed by atoms with Gasteiger partial charge in [0.2, 0.25) is 10.0 Å². The molecule has 0 aromatic heterocycles. The molecule has 1 heterocycles. The molecule has 4 rings (SSSR count). The van der Waals surface area contributed by atoms with Crippen LogP contribution in [-0.2, 0) is 21.2 Å². The molecule has 6 heteroatoms. The van der Waals surface area contributed by atoms with Gasteiger partial charge in [0.25, 0.3) is 0 Å². The number of aryl methyl sites for hydroxylation is 3. The monoisotopic (exact) mass is 475 g/mol. The summed E-state index contributed by atoms with van der Waals surface area (Å²) in [6.07, 6.45) is 2.83. The quantitative estimate of drug-likeness (QED) is 0.492. The Kier molecular flexibility index (Phi) is 6.73. The van der Waals surface area contributed by atoms with Crippen LogP contribution in [0.15, 0.2) is 89.3 Å². The van der Waals surface area contributed by atoms with E-state index >= 15 is 0 Å². The maximum Gasteiger partial charge on any atom is 0.333 e. The van der Waals surface area contributed by atoms with Gasteiger partial charge in [-0.25, -0.2) is 13.2 Å². The first-order valence-electron chi connectivity index (χ1n) is 11.4. The molecule has 0 unspecified atom stereocenters. The predicted molar refractivity (Wildman–Crippen MR) is 133 cm³/mol. The lowest BCUT2D eigenvalue weighted by Gasteiger charge is -2.40. The van der Waals surface area contributed by atoms with Crippen LogP contribution < -0.4 is 0 Å². The molecule has 176 valence electrons. The fourth-order valence-corrected chi connectivity index (χ4v) is 6.23. The van der Waals surface area contributed by atoms with Crippen molar-refractivity contribution in [1.29, 1.82) is 0 Å². The summed E-state index contributed by atoms with van der Waals surface area (Å²) in [4.78, 5) is 12.4. The second-order valence-electron chi connectivity index (χ2n) is 8.77. The van der Waals surface area contributed by atoms with Crippen LogP contribution >= 0.6 is 0 Å². The van der Waals surface area contributed by atoms with E-state index in [1.54, 1.807) is 30.3 Å². The van der Waals surface area contributed by atoms with Gasteiger partial charge in [-0.2, -0.15) is 4.31 Å². The minimum Gasteiger partial charge on any atom is -0.478 e. The first-order chi connectivity index (χ1) is 16.2. The van der Waals surface area contributed by atoms with Crippen molar-refractivity contribution < 1.29 is 18.3 Å². The fraction of sp³-hybridized carbons (Fsp3) is 0.250. The number of carboxylic acid groups (broad SMARTS) is 1. The molecule has 3 aromatic carbocycles. The summed E-state index contributed by atoms with van der Waals surface area (Å²) >= 11 is 0. The van der Waals surface area contributed by atoms with Gasteiger partial charge in [0.05, 0.1) is 22.6 Å². The lowest BCUT2D eigenvalue weighted by Crippen LogP contribution is -2.42. The molecule has 3 aromatic rings. The van der Waals surface area contributed by atoms with Gasteiger partial charge >= 0.3 is 5.97 Å². The number of rotatable bonds is 6. The summed E-state index contributed by atoms with van der Waals surface area (Å²) in [7, 11) is -4.04. The molecule has 5 nitrogen and oxygen atoms in total. The van der Waals surface area contributed by atoms with Gasteiger partial charge in [-0.1, -0.05) is 84.8 Å². The minimum absolute atomic E-state index is 0.0703. The molecule has 0 spiro atoms. The van der Waals surface area contributed by atoms with Crippen molar-refractivity contribution in [2.45, 2.75) is 50.6 Å². The molecule has 0 radical (unpaired) electrons. The Morgan fingerprint density at radius 1 is 0.882 bits per heavy atom. The van der Waals surface area contributed by atoms with Crippen molar-refractivity contribution in [1.82, 2.24) is 4.31 Å². The average Bonchev–Trinajstić information content (AvgIpc) is 2.84. The third-order valence-corrected chi connectivity index (χ3v) is 8.31. The summed E-state index contributed by atoms with van der Waals surface area (Å²) in [6, 6.07) is 20.5. The average molecular weight is 476 g/mol.